The van der Waals surface area contributed by atoms with E-state index in [1.165, 1.54) is 6.07 Å². The Morgan fingerprint density at radius 3 is 2.61 bits per heavy atom. The largest absolute Gasteiger partial charge is 0.343 e. The Morgan fingerprint density at radius 2 is 1.89 bits per heavy atom. The van der Waals surface area contributed by atoms with Crippen LogP contribution in [0.5, 0.6) is 0 Å². The first-order chi connectivity index (χ1) is 13.2. The quantitative estimate of drug-likeness (QED) is 0.796. The first-order valence-corrected chi connectivity index (χ1v) is 9.90. The highest BCUT2D eigenvalue weighted by Crippen LogP contribution is 2.36. The predicted octanol–water partition coefficient (Wildman–Crippen LogP) is 3.42. The van der Waals surface area contributed by atoms with E-state index in [1.807, 2.05) is 6.07 Å². The van der Waals surface area contributed by atoms with Gasteiger partial charge in [0.25, 0.3) is 5.91 Å². The van der Waals surface area contributed by atoms with Crippen molar-refractivity contribution in [3.63, 3.8) is 0 Å². The van der Waals surface area contributed by atoms with E-state index in [0.29, 0.717) is 11.3 Å². The Labute approximate surface area is 170 Å². The van der Waals surface area contributed by atoms with Crippen LogP contribution in [0.1, 0.15) is 66.7 Å². The van der Waals surface area contributed by atoms with Crippen molar-refractivity contribution < 1.29 is 9.18 Å². The van der Waals surface area contributed by atoms with Gasteiger partial charge in [-0.2, -0.15) is 0 Å². The SMILES string of the molecule is Cl.O=C(NC(c1ccccc1F)C1CCCC1)c1cn(C2CCNCC2)nn1. The maximum absolute atomic E-state index is 14.4. The molecule has 0 spiro atoms. The van der Waals surface area contributed by atoms with Gasteiger partial charge in [0.1, 0.15) is 5.82 Å². The number of amides is 1. The lowest BCUT2D eigenvalue weighted by Crippen LogP contribution is -2.33. The number of nitrogens with one attached hydrogen (secondary N) is 2. The number of halogens is 2. The Balaban J connectivity index is 0.00000225. The number of hydrogen-bond donors (Lipinski definition) is 2. The molecule has 2 aliphatic rings. The molecule has 1 atom stereocenters. The van der Waals surface area contributed by atoms with E-state index in [-0.39, 0.29) is 42.1 Å². The van der Waals surface area contributed by atoms with Crippen LogP contribution in [0.25, 0.3) is 0 Å². The number of carbonyl (C=O) groups is 1. The summed E-state index contributed by atoms with van der Waals surface area (Å²) >= 11 is 0. The topological polar surface area (TPSA) is 71.8 Å². The monoisotopic (exact) mass is 407 g/mol. The molecule has 1 saturated heterocycles. The number of carbonyl (C=O) groups excluding carboxylic acids is 1. The minimum absolute atomic E-state index is 0. The van der Waals surface area contributed by atoms with Crippen molar-refractivity contribution >= 4 is 18.3 Å². The molecule has 0 radical (unpaired) electrons. The molecule has 1 aliphatic heterocycles. The summed E-state index contributed by atoms with van der Waals surface area (Å²) in [5, 5.41) is 14.6. The number of benzene rings is 1. The molecule has 1 aromatic heterocycles. The van der Waals surface area contributed by atoms with E-state index in [2.05, 4.69) is 20.9 Å². The van der Waals surface area contributed by atoms with Gasteiger partial charge in [0.2, 0.25) is 0 Å². The van der Waals surface area contributed by atoms with Crippen LogP contribution in [0.2, 0.25) is 0 Å². The molecule has 152 valence electrons. The molecule has 1 saturated carbocycles. The Hall–Kier alpha value is -1.99. The minimum Gasteiger partial charge on any atom is -0.343 e. The van der Waals surface area contributed by atoms with E-state index in [0.717, 1.165) is 51.6 Å². The second-order valence-corrected chi connectivity index (χ2v) is 7.58. The van der Waals surface area contributed by atoms with Gasteiger partial charge < -0.3 is 10.6 Å². The third kappa shape index (κ3) is 4.52. The molecule has 0 bridgehead atoms. The van der Waals surface area contributed by atoms with Crippen LogP contribution in [0.3, 0.4) is 0 Å². The summed E-state index contributed by atoms with van der Waals surface area (Å²) in [7, 11) is 0. The number of hydrogen-bond acceptors (Lipinski definition) is 4. The second kappa shape index (κ2) is 9.47. The Kier molecular flexibility index (Phi) is 7.02. The molecule has 1 aromatic carbocycles. The number of piperidine rings is 1. The van der Waals surface area contributed by atoms with Crippen LogP contribution >= 0.6 is 12.4 Å². The van der Waals surface area contributed by atoms with Crippen molar-refractivity contribution in [3.8, 4) is 0 Å². The van der Waals surface area contributed by atoms with Gasteiger partial charge in [0.15, 0.2) is 5.69 Å². The summed E-state index contributed by atoms with van der Waals surface area (Å²) in [5.41, 5.74) is 0.858. The van der Waals surface area contributed by atoms with Gasteiger partial charge in [0.05, 0.1) is 18.3 Å². The smallest absolute Gasteiger partial charge is 0.273 e. The average molecular weight is 408 g/mol. The highest BCUT2D eigenvalue weighted by Gasteiger charge is 2.30. The molecular weight excluding hydrogens is 381 g/mol. The fourth-order valence-electron chi connectivity index (χ4n) is 4.31. The zero-order valence-electron chi connectivity index (χ0n) is 15.8. The molecular formula is C20H27ClFN5O. The molecule has 4 rings (SSSR count). The van der Waals surface area contributed by atoms with Crippen LogP contribution in [0.15, 0.2) is 30.5 Å². The van der Waals surface area contributed by atoms with Crippen molar-refractivity contribution in [1.29, 1.82) is 0 Å². The fraction of sp³-hybridized carbons (Fsp3) is 0.550. The van der Waals surface area contributed by atoms with E-state index in [4.69, 9.17) is 0 Å². The van der Waals surface area contributed by atoms with Crippen molar-refractivity contribution in [2.45, 2.75) is 50.6 Å². The summed E-state index contributed by atoms with van der Waals surface area (Å²) in [6.07, 6.45) is 7.92. The van der Waals surface area contributed by atoms with Crippen LogP contribution in [-0.2, 0) is 0 Å². The fourth-order valence-corrected chi connectivity index (χ4v) is 4.31. The van der Waals surface area contributed by atoms with Crippen molar-refractivity contribution in [1.82, 2.24) is 25.6 Å². The summed E-state index contributed by atoms with van der Waals surface area (Å²) < 4.78 is 16.2. The first kappa shape index (κ1) is 20.7. The minimum atomic E-state index is -0.328. The van der Waals surface area contributed by atoms with Gasteiger partial charge in [-0.15, -0.1) is 17.5 Å². The van der Waals surface area contributed by atoms with Crippen LogP contribution < -0.4 is 10.6 Å². The lowest BCUT2D eigenvalue weighted by Gasteiger charge is -2.25. The molecule has 2 fully saturated rings. The molecule has 2 heterocycles. The second-order valence-electron chi connectivity index (χ2n) is 7.58. The number of aromatic nitrogens is 3. The average Bonchev–Trinajstić information content (AvgIpc) is 3.39. The maximum Gasteiger partial charge on any atom is 0.273 e. The molecule has 1 amide bonds. The summed E-state index contributed by atoms with van der Waals surface area (Å²) in [6, 6.07) is 6.67. The molecule has 1 aliphatic carbocycles. The van der Waals surface area contributed by atoms with Crippen molar-refractivity contribution in [2.75, 3.05) is 13.1 Å². The van der Waals surface area contributed by atoms with Crippen LogP contribution in [0.4, 0.5) is 4.39 Å². The van der Waals surface area contributed by atoms with Gasteiger partial charge >= 0.3 is 0 Å². The highest BCUT2D eigenvalue weighted by atomic mass is 35.5. The summed E-state index contributed by atoms with van der Waals surface area (Å²) in [5.74, 6) is -0.297. The van der Waals surface area contributed by atoms with Gasteiger partial charge in [-0.1, -0.05) is 36.3 Å². The first-order valence-electron chi connectivity index (χ1n) is 9.90. The van der Waals surface area contributed by atoms with Gasteiger partial charge in [-0.05, 0) is 50.8 Å². The summed E-state index contributed by atoms with van der Waals surface area (Å²) in [4.78, 5) is 12.8. The highest BCUT2D eigenvalue weighted by molar-refractivity contribution is 5.92. The maximum atomic E-state index is 14.4. The summed E-state index contributed by atoms with van der Waals surface area (Å²) in [6.45, 7) is 1.90. The van der Waals surface area contributed by atoms with Crippen LogP contribution in [-0.4, -0.2) is 34.0 Å². The van der Waals surface area contributed by atoms with E-state index < -0.39 is 0 Å². The lowest BCUT2D eigenvalue weighted by atomic mass is 9.91. The zero-order valence-corrected chi connectivity index (χ0v) is 16.6. The van der Waals surface area contributed by atoms with E-state index >= 15 is 0 Å². The molecule has 8 heteroatoms. The third-order valence-corrected chi connectivity index (χ3v) is 5.82. The van der Waals surface area contributed by atoms with E-state index in [9.17, 15) is 9.18 Å². The number of nitrogens with zero attached hydrogens (tertiary/aromatic N) is 3. The standard InChI is InChI=1S/C20H26FN5O.ClH/c21-17-8-4-3-7-16(17)19(14-5-1-2-6-14)23-20(27)18-13-26(25-24-18)15-9-11-22-12-10-15;/h3-4,7-8,13-15,19,22H,1-2,5-6,9-12H2,(H,23,27);1H. The molecule has 2 aromatic rings. The van der Waals surface area contributed by atoms with Crippen LogP contribution in [0, 0.1) is 11.7 Å². The predicted molar refractivity (Wildman–Crippen MR) is 107 cm³/mol. The molecule has 28 heavy (non-hydrogen) atoms. The Morgan fingerprint density at radius 1 is 1.18 bits per heavy atom. The normalized spacial score (nSPS) is 19.2. The van der Waals surface area contributed by atoms with Gasteiger partial charge in [0, 0.05) is 5.56 Å². The van der Waals surface area contributed by atoms with Crippen molar-refractivity contribution in [2.24, 2.45) is 5.92 Å². The Bertz CT molecular complexity index is 786. The lowest BCUT2D eigenvalue weighted by molar-refractivity contribution is 0.0915. The van der Waals surface area contributed by atoms with Gasteiger partial charge in [-0.25, -0.2) is 9.07 Å². The van der Waals surface area contributed by atoms with Gasteiger partial charge in [-0.3, -0.25) is 4.79 Å². The molecule has 1 unspecified atom stereocenters. The van der Waals surface area contributed by atoms with E-state index in [1.54, 1.807) is 23.0 Å². The zero-order chi connectivity index (χ0) is 18.6. The van der Waals surface area contributed by atoms with Crippen molar-refractivity contribution in [3.05, 3.63) is 47.5 Å². The molecule has 6 nitrogen and oxygen atoms in total. The third-order valence-electron chi connectivity index (χ3n) is 5.82. The number of rotatable bonds is 5. The molecule has 2 N–H and O–H groups in total.